The molecule has 0 spiro atoms. The Morgan fingerprint density at radius 3 is 3.05 bits per heavy atom. The number of nitrogens with zero attached hydrogens (tertiary/aromatic N) is 2. The van der Waals surface area contributed by atoms with Crippen molar-refractivity contribution in [1.82, 2.24) is 9.38 Å². The van der Waals surface area contributed by atoms with Crippen LogP contribution in [0.4, 0.5) is 0 Å². The topological polar surface area (TPSA) is 60.7 Å². The van der Waals surface area contributed by atoms with Crippen LogP contribution in [-0.2, 0) is 16.1 Å². The molecule has 0 radical (unpaired) electrons. The van der Waals surface area contributed by atoms with Gasteiger partial charge in [0.05, 0.1) is 16.6 Å². The summed E-state index contributed by atoms with van der Waals surface area (Å²) in [7, 11) is 0. The van der Waals surface area contributed by atoms with Gasteiger partial charge in [0, 0.05) is 12.3 Å². The second-order valence-electron chi connectivity index (χ2n) is 5.25. The molecule has 3 rings (SSSR count). The molecular formula is C16H15ClN2O3. The van der Waals surface area contributed by atoms with Crippen molar-refractivity contribution in [2.24, 2.45) is 5.92 Å². The van der Waals surface area contributed by atoms with Crippen molar-refractivity contribution in [2.45, 2.75) is 25.9 Å². The molecule has 6 heteroatoms. The monoisotopic (exact) mass is 318 g/mol. The molecule has 0 aliphatic heterocycles. The number of hydrogen-bond donors (Lipinski definition) is 0. The summed E-state index contributed by atoms with van der Waals surface area (Å²) in [4.78, 5) is 28.3. The van der Waals surface area contributed by atoms with Gasteiger partial charge < -0.3 is 4.74 Å². The zero-order chi connectivity index (χ0) is 15.5. The van der Waals surface area contributed by atoms with Crippen LogP contribution in [0.25, 0.3) is 5.65 Å². The fraction of sp³-hybridized carbons (Fsp3) is 0.312. The average molecular weight is 319 g/mol. The standard InChI is InChI=1S/C16H15ClN2O3/c17-12-6-7-14-18-13(8-15(20)19(14)9-12)10-22-16(21)11-4-2-1-3-5-11/h1-2,6-9,11H,3-5,10H2. The van der Waals surface area contributed by atoms with E-state index in [-0.39, 0.29) is 24.1 Å². The maximum absolute atomic E-state index is 12.0. The van der Waals surface area contributed by atoms with Gasteiger partial charge in [0.15, 0.2) is 0 Å². The Bertz CT molecular complexity index is 798. The summed E-state index contributed by atoms with van der Waals surface area (Å²) in [6.45, 7) is 0.00736. The smallest absolute Gasteiger partial charge is 0.309 e. The van der Waals surface area contributed by atoms with Gasteiger partial charge in [0.1, 0.15) is 12.3 Å². The first-order valence-corrected chi connectivity index (χ1v) is 7.51. The SMILES string of the molecule is O=C(OCc1cc(=O)n2cc(Cl)ccc2n1)C1CC=CCC1. The molecule has 0 bridgehead atoms. The molecule has 2 aromatic heterocycles. The first-order chi connectivity index (χ1) is 10.6. The number of hydrogen-bond acceptors (Lipinski definition) is 4. The van der Waals surface area contributed by atoms with Gasteiger partial charge >= 0.3 is 5.97 Å². The first-order valence-electron chi connectivity index (χ1n) is 7.13. The molecule has 0 saturated carbocycles. The van der Waals surface area contributed by atoms with E-state index in [1.807, 2.05) is 6.08 Å². The normalized spacial score (nSPS) is 17.6. The molecule has 22 heavy (non-hydrogen) atoms. The summed E-state index contributed by atoms with van der Waals surface area (Å²) in [5.41, 5.74) is 0.662. The van der Waals surface area contributed by atoms with Crippen LogP contribution in [0.3, 0.4) is 0 Å². The molecule has 2 aromatic rings. The van der Waals surface area contributed by atoms with E-state index in [2.05, 4.69) is 11.1 Å². The number of carbonyl (C=O) groups excluding carboxylic acids is 1. The highest BCUT2D eigenvalue weighted by molar-refractivity contribution is 6.30. The van der Waals surface area contributed by atoms with Crippen molar-refractivity contribution in [3.8, 4) is 0 Å². The van der Waals surface area contributed by atoms with Gasteiger partial charge in [-0.2, -0.15) is 0 Å². The van der Waals surface area contributed by atoms with Gasteiger partial charge in [0.25, 0.3) is 5.56 Å². The Hall–Kier alpha value is -2.14. The van der Waals surface area contributed by atoms with E-state index in [9.17, 15) is 9.59 Å². The molecule has 0 aromatic carbocycles. The van der Waals surface area contributed by atoms with Crippen LogP contribution in [0.15, 0.2) is 41.3 Å². The third-order valence-corrected chi connectivity index (χ3v) is 3.86. The van der Waals surface area contributed by atoms with Gasteiger partial charge in [-0.3, -0.25) is 14.0 Å². The third kappa shape index (κ3) is 3.20. The van der Waals surface area contributed by atoms with Crippen molar-refractivity contribution in [2.75, 3.05) is 0 Å². The Morgan fingerprint density at radius 2 is 2.27 bits per heavy atom. The number of esters is 1. The van der Waals surface area contributed by atoms with Crippen LogP contribution in [0.5, 0.6) is 0 Å². The minimum Gasteiger partial charge on any atom is -0.459 e. The number of aromatic nitrogens is 2. The van der Waals surface area contributed by atoms with Crippen LogP contribution in [0.1, 0.15) is 25.0 Å². The minimum atomic E-state index is -0.251. The predicted octanol–water partition coefficient (Wildman–Crippen LogP) is 2.75. The summed E-state index contributed by atoms with van der Waals surface area (Å²) < 4.78 is 6.65. The summed E-state index contributed by atoms with van der Waals surface area (Å²) >= 11 is 5.86. The van der Waals surface area contributed by atoms with E-state index in [0.29, 0.717) is 22.8 Å². The molecular weight excluding hydrogens is 304 g/mol. The van der Waals surface area contributed by atoms with Crippen LogP contribution in [-0.4, -0.2) is 15.4 Å². The lowest BCUT2D eigenvalue weighted by Crippen LogP contribution is -2.20. The first kappa shape index (κ1) is 14.8. The van der Waals surface area contributed by atoms with Crippen molar-refractivity contribution >= 4 is 23.2 Å². The van der Waals surface area contributed by atoms with Crippen molar-refractivity contribution in [1.29, 1.82) is 0 Å². The van der Waals surface area contributed by atoms with Crippen molar-refractivity contribution < 1.29 is 9.53 Å². The van der Waals surface area contributed by atoms with Crippen LogP contribution in [0, 0.1) is 5.92 Å². The molecule has 2 heterocycles. The highest BCUT2D eigenvalue weighted by atomic mass is 35.5. The Kier molecular flexibility index (Phi) is 4.24. The van der Waals surface area contributed by atoms with Gasteiger partial charge in [-0.1, -0.05) is 23.8 Å². The molecule has 0 fully saturated rings. The van der Waals surface area contributed by atoms with Gasteiger partial charge in [-0.25, -0.2) is 4.98 Å². The number of halogens is 1. The average Bonchev–Trinajstić information content (AvgIpc) is 2.54. The van der Waals surface area contributed by atoms with Crippen LogP contribution >= 0.6 is 11.6 Å². The highest BCUT2D eigenvalue weighted by Crippen LogP contribution is 2.19. The lowest BCUT2D eigenvalue weighted by atomic mass is 9.95. The lowest BCUT2D eigenvalue weighted by Gasteiger charge is -2.16. The van der Waals surface area contributed by atoms with E-state index < -0.39 is 0 Å². The molecule has 0 saturated heterocycles. The molecule has 0 N–H and O–H groups in total. The Morgan fingerprint density at radius 1 is 1.41 bits per heavy atom. The van der Waals surface area contributed by atoms with Crippen molar-refractivity contribution in [3.63, 3.8) is 0 Å². The summed E-state index contributed by atoms with van der Waals surface area (Å²) in [5, 5.41) is 0.459. The highest BCUT2D eigenvalue weighted by Gasteiger charge is 2.20. The molecule has 0 amide bonds. The van der Waals surface area contributed by atoms with E-state index in [1.54, 1.807) is 12.1 Å². The number of pyridine rings is 1. The molecule has 5 nitrogen and oxygen atoms in total. The van der Waals surface area contributed by atoms with E-state index in [1.165, 1.54) is 16.7 Å². The summed E-state index contributed by atoms with van der Waals surface area (Å²) in [6, 6.07) is 4.67. The molecule has 114 valence electrons. The molecule has 1 unspecified atom stereocenters. The lowest BCUT2D eigenvalue weighted by molar-refractivity contribution is -0.150. The fourth-order valence-electron chi connectivity index (χ4n) is 2.47. The molecule has 1 aliphatic rings. The summed E-state index contributed by atoms with van der Waals surface area (Å²) in [5.74, 6) is -0.326. The fourth-order valence-corrected chi connectivity index (χ4v) is 2.63. The predicted molar refractivity (Wildman–Crippen MR) is 82.7 cm³/mol. The Balaban J connectivity index is 1.74. The van der Waals surface area contributed by atoms with Gasteiger partial charge in [0.2, 0.25) is 0 Å². The second-order valence-corrected chi connectivity index (χ2v) is 5.69. The Labute approximate surface area is 132 Å². The number of rotatable bonds is 3. The van der Waals surface area contributed by atoms with E-state index >= 15 is 0 Å². The number of fused-ring (bicyclic) bond motifs is 1. The number of carbonyl (C=O) groups is 1. The maximum Gasteiger partial charge on any atom is 0.309 e. The summed E-state index contributed by atoms with van der Waals surface area (Å²) in [6.07, 6.45) is 8.00. The molecule has 1 atom stereocenters. The van der Waals surface area contributed by atoms with Crippen LogP contribution in [0.2, 0.25) is 5.02 Å². The van der Waals surface area contributed by atoms with Gasteiger partial charge in [-0.05, 0) is 31.4 Å². The number of ether oxygens (including phenoxy) is 1. The second kappa shape index (κ2) is 6.32. The van der Waals surface area contributed by atoms with Crippen molar-refractivity contribution in [3.05, 3.63) is 57.6 Å². The van der Waals surface area contributed by atoms with E-state index in [0.717, 1.165) is 12.8 Å². The quantitative estimate of drug-likeness (QED) is 0.645. The minimum absolute atomic E-state index is 0.00736. The zero-order valence-electron chi connectivity index (χ0n) is 11.9. The van der Waals surface area contributed by atoms with E-state index in [4.69, 9.17) is 16.3 Å². The number of allylic oxidation sites excluding steroid dienone is 2. The molecule has 1 aliphatic carbocycles. The third-order valence-electron chi connectivity index (χ3n) is 3.64. The largest absolute Gasteiger partial charge is 0.459 e. The zero-order valence-corrected chi connectivity index (χ0v) is 12.6. The maximum atomic E-state index is 12.0. The van der Waals surface area contributed by atoms with Gasteiger partial charge in [-0.15, -0.1) is 0 Å². The van der Waals surface area contributed by atoms with Crippen LogP contribution < -0.4 is 5.56 Å².